The predicted molar refractivity (Wildman–Crippen MR) is 104 cm³/mol. The predicted octanol–water partition coefficient (Wildman–Crippen LogP) is 4.08. The van der Waals surface area contributed by atoms with Crippen LogP contribution >= 0.6 is 0 Å². The number of aromatic nitrogens is 2. The highest BCUT2D eigenvalue weighted by atomic mass is 16.1. The number of benzene rings is 2. The van der Waals surface area contributed by atoms with Crippen molar-refractivity contribution in [2.24, 2.45) is 0 Å². The van der Waals surface area contributed by atoms with Gasteiger partial charge in [-0.1, -0.05) is 42.0 Å². The summed E-state index contributed by atoms with van der Waals surface area (Å²) >= 11 is 0. The molecular formula is C21H22N4O. The van der Waals surface area contributed by atoms with E-state index in [-0.39, 0.29) is 5.91 Å². The summed E-state index contributed by atoms with van der Waals surface area (Å²) in [5, 5.41) is 6.10. The van der Waals surface area contributed by atoms with E-state index in [1.807, 2.05) is 43.3 Å². The molecule has 0 aliphatic heterocycles. The van der Waals surface area contributed by atoms with Crippen molar-refractivity contribution in [3.05, 3.63) is 82.8 Å². The number of rotatable bonds is 5. The molecule has 0 saturated heterocycles. The molecule has 0 spiro atoms. The lowest BCUT2D eigenvalue weighted by Gasteiger charge is -2.11. The standard InChI is InChI=1S/C21H22N4O/c1-14-6-4-8-17(10-14)11-24-21(26)19-12-23-20(13-22-19)25-18-9-5-7-15(2)16(18)3/h4-10,12-13H,11H2,1-3H3,(H,23,25)(H,24,26). The fourth-order valence-corrected chi connectivity index (χ4v) is 2.63. The van der Waals surface area contributed by atoms with Crippen LogP contribution in [-0.4, -0.2) is 15.9 Å². The monoisotopic (exact) mass is 346 g/mol. The van der Waals surface area contributed by atoms with E-state index in [0.29, 0.717) is 18.1 Å². The van der Waals surface area contributed by atoms with Gasteiger partial charge in [0.1, 0.15) is 11.5 Å². The Morgan fingerprint density at radius 3 is 2.54 bits per heavy atom. The van der Waals surface area contributed by atoms with Crippen LogP contribution in [0, 0.1) is 20.8 Å². The van der Waals surface area contributed by atoms with Gasteiger partial charge in [0.2, 0.25) is 0 Å². The van der Waals surface area contributed by atoms with Crippen molar-refractivity contribution < 1.29 is 4.79 Å². The Kier molecular flexibility index (Phi) is 5.27. The molecule has 0 radical (unpaired) electrons. The van der Waals surface area contributed by atoms with Crippen molar-refractivity contribution in [3.63, 3.8) is 0 Å². The second-order valence-electron chi connectivity index (χ2n) is 6.33. The molecule has 3 rings (SSSR count). The van der Waals surface area contributed by atoms with Gasteiger partial charge in [-0.25, -0.2) is 9.97 Å². The summed E-state index contributed by atoms with van der Waals surface area (Å²) in [5.41, 5.74) is 5.86. The quantitative estimate of drug-likeness (QED) is 0.731. The maximum atomic E-state index is 12.2. The summed E-state index contributed by atoms with van der Waals surface area (Å²) in [4.78, 5) is 20.8. The van der Waals surface area contributed by atoms with E-state index in [4.69, 9.17) is 0 Å². The number of hydrogen-bond donors (Lipinski definition) is 2. The SMILES string of the molecule is Cc1cccc(CNC(=O)c2cnc(Nc3cccc(C)c3C)cn2)c1. The van der Waals surface area contributed by atoms with E-state index in [9.17, 15) is 4.79 Å². The number of carbonyl (C=O) groups is 1. The molecule has 2 N–H and O–H groups in total. The zero-order valence-corrected chi connectivity index (χ0v) is 15.2. The highest BCUT2D eigenvalue weighted by molar-refractivity contribution is 5.92. The maximum Gasteiger partial charge on any atom is 0.271 e. The van der Waals surface area contributed by atoms with Crippen molar-refractivity contribution >= 4 is 17.4 Å². The van der Waals surface area contributed by atoms with E-state index in [0.717, 1.165) is 16.8 Å². The second-order valence-corrected chi connectivity index (χ2v) is 6.33. The molecule has 0 bridgehead atoms. The van der Waals surface area contributed by atoms with Crippen LogP contribution in [0.1, 0.15) is 32.7 Å². The Balaban J connectivity index is 1.63. The van der Waals surface area contributed by atoms with Crippen LogP contribution in [-0.2, 0) is 6.54 Å². The summed E-state index contributed by atoms with van der Waals surface area (Å²) in [5.74, 6) is 0.367. The fraction of sp³-hybridized carbons (Fsp3) is 0.190. The van der Waals surface area contributed by atoms with Crippen molar-refractivity contribution in [2.45, 2.75) is 27.3 Å². The van der Waals surface area contributed by atoms with Crippen LogP contribution in [0.5, 0.6) is 0 Å². The van der Waals surface area contributed by atoms with E-state index in [1.54, 1.807) is 6.20 Å². The van der Waals surface area contributed by atoms with Gasteiger partial charge in [-0.3, -0.25) is 4.79 Å². The Hall–Kier alpha value is -3.21. The third kappa shape index (κ3) is 4.25. The lowest BCUT2D eigenvalue weighted by atomic mass is 10.1. The highest BCUT2D eigenvalue weighted by Gasteiger charge is 2.09. The van der Waals surface area contributed by atoms with Gasteiger partial charge < -0.3 is 10.6 Å². The van der Waals surface area contributed by atoms with Crippen LogP contribution in [0.25, 0.3) is 0 Å². The molecule has 0 aliphatic rings. The Labute approximate surface area is 153 Å². The van der Waals surface area contributed by atoms with Gasteiger partial charge in [0.15, 0.2) is 0 Å². The average molecular weight is 346 g/mol. The van der Waals surface area contributed by atoms with Crippen LogP contribution < -0.4 is 10.6 Å². The molecule has 0 atom stereocenters. The average Bonchev–Trinajstić information content (AvgIpc) is 2.64. The van der Waals surface area contributed by atoms with E-state index >= 15 is 0 Å². The molecule has 132 valence electrons. The van der Waals surface area contributed by atoms with Gasteiger partial charge >= 0.3 is 0 Å². The first-order chi connectivity index (χ1) is 12.5. The number of amides is 1. The zero-order chi connectivity index (χ0) is 18.5. The molecule has 1 aromatic heterocycles. The number of hydrogen-bond acceptors (Lipinski definition) is 4. The molecular weight excluding hydrogens is 324 g/mol. The number of anilines is 2. The smallest absolute Gasteiger partial charge is 0.271 e. The molecule has 5 heteroatoms. The van der Waals surface area contributed by atoms with Crippen LogP contribution in [0.2, 0.25) is 0 Å². The molecule has 0 unspecified atom stereocenters. The summed E-state index contributed by atoms with van der Waals surface area (Å²) < 4.78 is 0. The van der Waals surface area contributed by atoms with E-state index < -0.39 is 0 Å². The molecule has 0 fully saturated rings. The van der Waals surface area contributed by atoms with E-state index in [1.165, 1.54) is 17.3 Å². The maximum absolute atomic E-state index is 12.2. The van der Waals surface area contributed by atoms with Crippen molar-refractivity contribution in [1.82, 2.24) is 15.3 Å². The Morgan fingerprint density at radius 1 is 1.00 bits per heavy atom. The summed E-state index contributed by atoms with van der Waals surface area (Å²) in [6.45, 7) is 6.61. The highest BCUT2D eigenvalue weighted by Crippen LogP contribution is 2.21. The van der Waals surface area contributed by atoms with Gasteiger partial charge in [-0.15, -0.1) is 0 Å². The molecule has 1 heterocycles. The van der Waals surface area contributed by atoms with Gasteiger partial charge in [0.05, 0.1) is 12.4 Å². The number of carbonyl (C=O) groups excluding carboxylic acids is 1. The van der Waals surface area contributed by atoms with Crippen LogP contribution in [0.15, 0.2) is 54.9 Å². The minimum atomic E-state index is -0.239. The minimum Gasteiger partial charge on any atom is -0.347 e. The summed E-state index contributed by atoms with van der Waals surface area (Å²) in [6.07, 6.45) is 3.06. The normalized spacial score (nSPS) is 10.4. The van der Waals surface area contributed by atoms with Gasteiger partial charge in [0, 0.05) is 12.2 Å². The Bertz CT molecular complexity index is 920. The summed E-state index contributed by atoms with van der Waals surface area (Å²) in [6, 6.07) is 14.1. The zero-order valence-electron chi connectivity index (χ0n) is 15.2. The van der Waals surface area contributed by atoms with Crippen molar-refractivity contribution in [3.8, 4) is 0 Å². The third-order valence-electron chi connectivity index (χ3n) is 4.29. The molecule has 0 saturated carbocycles. The molecule has 1 amide bonds. The molecule has 0 aliphatic carbocycles. The summed E-state index contributed by atoms with van der Waals surface area (Å²) in [7, 11) is 0. The van der Waals surface area contributed by atoms with Gasteiger partial charge in [-0.05, 0) is 43.5 Å². The topological polar surface area (TPSA) is 66.9 Å². The first-order valence-electron chi connectivity index (χ1n) is 8.52. The van der Waals surface area contributed by atoms with Crippen LogP contribution in [0.3, 0.4) is 0 Å². The van der Waals surface area contributed by atoms with Gasteiger partial charge in [-0.2, -0.15) is 0 Å². The fourth-order valence-electron chi connectivity index (χ4n) is 2.63. The second kappa shape index (κ2) is 7.78. The largest absolute Gasteiger partial charge is 0.347 e. The first kappa shape index (κ1) is 17.6. The molecule has 3 aromatic rings. The number of aryl methyl sites for hydroxylation is 2. The van der Waals surface area contributed by atoms with E-state index in [2.05, 4.69) is 40.5 Å². The first-order valence-corrected chi connectivity index (χ1v) is 8.52. The third-order valence-corrected chi connectivity index (χ3v) is 4.29. The molecule has 26 heavy (non-hydrogen) atoms. The lowest BCUT2D eigenvalue weighted by Crippen LogP contribution is -2.24. The van der Waals surface area contributed by atoms with Crippen LogP contribution in [0.4, 0.5) is 11.5 Å². The number of nitrogens with zero attached hydrogens (tertiary/aromatic N) is 2. The minimum absolute atomic E-state index is 0.239. The molecule has 5 nitrogen and oxygen atoms in total. The molecule has 2 aromatic carbocycles. The van der Waals surface area contributed by atoms with Gasteiger partial charge in [0.25, 0.3) is 5.91 Å². The number of nitrogens with one attached hydrogen (secondary N) is 2. The Morgan fingerprint density at radius 2 is 1.81 bits per heavy atom. The van der Waals surface area contributed by atoms with Crippen molar-refractivity contribution in [2.75, 3.05) is 5.32 Å². The van der Waals surface area contributed by atoms with Crippen molar-refractivity contribution in [1.29, 1.82) is 0 Å². The lowest BCUT2D eigenvalue weighted by molar-refractivity contribution is 0.0945.